The number of carbonyl (C=O) groups is 1. The smallest absolute Gasteiger partial charge is 0.273 e. The van der Waals surface area contributed by atoms with Gasteiger partial charge in [-0.05, 0) is 29.3 Å². The van der Waals surface area contributed by atoms with E-state index in [4.69, 9.17) is 0 Å². The van der Waals surface area contributed by atoms with Gasteiger partial charge in [-0.15, -0.1) is 0 Å². The molecule has 2 heterocycles. The molecule has 2 aromatic carbocycles. The van der Waals surface area contributed by atoms with E-state index in [9.17, 15) is 19.6 Å². The Bertz CT molecular complexity index is 1080. The minimum atomic E-state index is -0.783. The number of rotatable bonds is 4. The summed E-state index contributed by atoms with van der Waals surface area (Å²) in [5.41, 5.74) is 2.02. The first kappa shape index (κ1) is 18.8. The lowest BCUT2D eigenvalue weighted by Crippen LogP contribution is -2.65. The van der Waals surface area contributed by atoms with Gasteiger partial charge in [0, 0.05) is 17.7 Å². The van der Waals surface area contributed by atoms with Crippen molar-refractivity contribution in [1.29, 1.82) is 5.26 Å². The fraction of sp³-hybridized carbons (Fsp3) is 0.174. The number of carbonyl (C=O) groups excluding carboxylic acids is 1. The van der Waals surface area contributed by atoms with Gasteiger partial charge in [-0.1, -0.05) is 48.5 Å². The molecule has 0 unspecified atom stereocenters. The molecule has 3 aromatic rings. The minimum Gasteiger partial charge on any atom is -0.394 e. The second kappa shape index (κ2) is 7.82. The Morgan fingerprint density at radius 1 is 1.07 bits per heavy atom. The van der Waals surface area contributed by atoms with Crippen LogP contribution in [0.2, 0.25) is 0 Å². The number of hydrogen-bond acceptors (Lipinski definition) is 4. The highest BCUT2D eigenvalue weighted by molar-refractivity contribution is 5.94. The van der Waals surface area contributed by atoms with Gasteiger partial charge in [0.2, 0.25) is 0 Å². The standard InChI is InChI=1S/C23H18FN3O2/c24-18-10-4-3-8-16(18)15-7-1-2-9-17(15)22-20(13-25)27(21(22)14-28)23(29)19-11-5-6-12-26-19/h1-12,20-22,28H,14H2/t20-,21+,22-/m1/s1. The number of aliphatic hydroxyl groups excluding tert-OH is 1. The first-order valence-electron chi connectivity index (χ1n) is 9.25. The highest BCUT2D eigenvalue weighted by Crippen LogP contribution is 2.44. The van der Waals surface area contributed by atoms with Gasteiger partial charge in [-0.2, -0.15) is 5.26 Å². The fourth-order valence-electron chi connectivity index (χ4n) is 3.99. The molecule has 4 rings (SSSR count). The van der Waals surface area contributed by atoms with Crippen LogP contribution in [-0.4, -0.2) is 39.6 Å². The SMILES string of the molecule is N#C[C@@H]1[C@@H](c2ccccc2-c2ccccc2F)[C@H](CO)N1C(=O)c1ccccn1. The molecular formula is C23H18FN3O2. The second-order valence-corrected chi connectivity index (χ2v) is 6.84. The van der Waals surface area contributed by atoms with Gasteiger partial charge in [0.1, 0.15) is 17.6 Å². The number of likely N-dealkylation sites (tertiary alicyclic amines) is 1. The Kier molecular flexibility index (Phi) is 5.07. The van der Waals surface area contributed by atoms with Gasteiger partial charge < -0.3 is 10.0 Å². The Hall–Kier alpha value is -3.56. The van der Waals surface area contributed by atoms with Crippen molar-refractivity contribution >= 4 is 5.91 Å². The van der Waals surface area contributed by atoms with Crippen LogP contribution in [0.15, 0.2) is 72.9 Å². The van der Waals surface area contributed by atoms with Crippen molar-refractivity contribution in [2.75, 3.05) is 6.61 Å². The maximum absolute atomic E-state index is 14.4. The molecule has 6 heteroatoms. The number of hydrogen-bond donors (Lipinski definition) is 1. The molecular weight excluding hydrogens is 369 g/mol. The Morgan fingerprint density at radius 3 is 2.41 bits per heavy atom. The highest BCUT2D eigenvalue weighted by atomic mass is 19.1. The Morgan fingerprint density at radius 2 is 1.76 bits per heavy atom. The topological polar surface area (TPSA) is 77.2 Å². The van der Waals surface area contributed by atoms with Crippen molar-refractivity contribution in [3.8, 4) is 17.2 Å². The van der Waals surface area contributed by atoms with E-state index in [0.717, 1.165) is 5.56 Å². The number of aromatic nitrogens is 1. The molecule has 3 atom stereocenters. The first-order chi connectivity index (χ1) is 14.2. The van der Waals surface area contributed by atoms with Crippen molar-refractivity contribution in [2.24, 2.45) is 0 Å². The summed E-state index contributed by atoms with van der Waals surface area (Å²) in [5, 5.41) is 19.8. The van der Waals surface area contributed by atoms with Gasteiger partial charge in [0.05, 0.1) is 18.7 Å². The number of halogens is 1. The van der Waals surface area contributed by atoms with Crippen LogP contribution in [0.3, 0.4) is 0 Å². The summed E-state index contributed by atoms with van der Waals surface area (Å²) in [6.07, 6.45) is 1.51. The number of amides is 1. The van der Waals surface area contributed by atoms with Gasteiger partial charge >= 0.3 is 0 Å². The molecule has 0 saturated carbocycles. The molecule has 0 aliphatic carbocycles. The summed E-state index contributed by atoms with van der Waals surface area (Å²) in [6.45, 7) is -0.312. The van der Waals surface area contributed by atoms with Gasteiger partial charge in [0.15, 0.2) is 0 Å². The van der Waals surface area contributed by atoms with Crippen molar-refractivity contribution in [1.82, 2.24) is 9.88 Å². The van der Waals surface area contributed by atoms with Crippen LogP contribution < -0.4 is 0 Å². The third-order valence-corrected chi connectivity index (χ3v) is 5.33. The Balaban J connectivity index is 1.75. The van der Waals surface area contributed by atoms with Crippen molar-refractivity contribution in [3.63, 3.8) is 0 Å². The van der Waals surface area contributed by atoms with Gasteiger partial charge in [-0.25, -0.2) is 4.39 Å². The van der Waals surface area contributed by atoms with Gasteiger partial charge in [-0.3, -0.25) is 9.78 Å². The molecule has 5 nitrogen and oxygen atoms in total. The van der Waals surface area contributed by atoms with E-state index in [1.165, 1.54) is 17.2 Å². The van der Waals surface area contributed by atoms with E-state index in [0.29, 0.717) is 11.1 Å². The summed E-state index contributed by atoms with van der Waals surface area (Å²) in [4.78, 5) is 18.3. The molecule has 29 heavy (non-hydrogen) atoms. The maximum Gasteiger partial charge on any atom is 0.273 e. The summed E-state index contributed by atoms with van der Waals surface area (Å²) in [5.74, 6) is -1.21. The molecule has 1 aromatic heterocycles. The second-order valence-electron chi connectivity index (χ2n) is 6.84. The van der Waals surface area contributed by atoms with Crippen LogP contribution in [-0.2, 0) is 0 Å². The molecule has 0 bridgehead atoms. The van der Waals surface area contributed by atoms with Crippen molar-refractivity contribution < 1.29 is 14.3 Å². The largest absolute Gasteiger partial charge is 0.394 e. The predicted octanol–water partition coefficient (Wildman–Crippen LogP) is 3.38. The van der Waals surface area contributed by atoms with E-state index in [1.54, 1.807) is 48.5 Å². The third kappa shape index (κ3) is 3.16. The normalized spacial score (nSPS) is 20.6. The van der Waals surface area contributed by atoms with E-state index in [2.05, 4.69) is 11.1 Å². The summed E-state index contributed by atoms with van der Waals surface area (Å²) in [7, 11) is 0. The average Bonchev–Trinajstić information content (AvgIpc) is 2.75. The van der Waals surface area contributed by atoms with Crippen molar-refractivity contribution in [3.05, 3.63) is 90.0 Å². The van der Waals surface area contributed by atoms with Crippen molar-refractivity contribution in [2.45, 2.75) is 18.0 Å². The minimum absolute atomic E-state index is 0.215. The van der Waals surface area contributed by atoms with Gasteiger partial charge in [0.25, 0.3) is 5.91 Å². The molecule has 1 amide bonds. The molecule has 1 aliphatic rings. The zero-order chi connectivity index (χ0) is 20.4. The Labute approximate surface area is 167 Å². The van der Waals surface area contributed by atoms with E-state index in [-0.39, 0.29) is 18.1 Å². The molecule has 1 aliphatic heterocycles. The summed E-state index contributed by atoms with van der Waals surface area (Å²) < 4.78 is 14.4. The van der Waals surface area contributed by atoms with Crippen LogP contribution in [0.5, 0.6) is 0 Å². The molecule has 0 radical (unpaired) electrons. The number of nitriles is 1. The highest BCUT2D eigenvalue weighted by Gasteiger charge is 2.52. The number of nitrogens with zero attached hydrogens (tertiary/aromatic N) is 3. The fourth-order valence-corrected chi connectivity index (χ4v) is 3.99. The van der Waals surface area contributed by atoms with E-state index < -0.39 is 23.9 Å². The predicted molar refractivity (Wildman–Crippen MR) is 105 cm³/mol. The monoisotopic (exact) mass is 387 g/mol. The van der Waals surface area contributed by atoms with Crippen LogP contribution in [0.1, 0.15) is 22.0 Å². The molecule has 1 fully saturated rings. The molecule has 1 N–H and O–H groups in total. The van der Waals surface area contributed by atoms with Crippen LogP contribution in [0.4, 0.5) is 4.39 Å². The van der Waals surface area contributed by atoms with E-state index in [1.807, 2.05) is 12.1 Å². The van der Waals surface area contributed by atoms with Crippen LogP contribution in [0.25, 0.3) is 11.1 Å². The lowest BCUT2D eigenvalue weighted by molar-refractivity contribution is -0.00616. The lowest BCUT2D eigenvalue weighted by Gasteiger charge is -2.51. The number of aliphatic hydroxyl groups is 1. The maximum atomic E-state index is 14.4. The third-order valence-electron chi connectivity index (χ3n) is 5.33. The summed E-state index contributed by atoms with van der Waals surface area (Å²) in [6, 6.07) is 19.4. The number of benzene rings is 2. The summed E-state index contributed by atoms with van der Waals surface area (Å²) >= 11 is 0. The zero-order valence-corrected chi connectivity index (χ0v) is 15.4. The first-order valence-corrected chi connectivity index (χ1v) is 9.25. The zero-order valence-electron chi connectivity index (χ0n) is 15.4. The molecule has 1 saturated heterocycles. The lowest BCUT2D eigenvalue weighted by atomic mass is 9.73. The van der Waals surface area contributed by atoms with Crippen LogP contribution >= 0.6 is 0 Å². The molecule has 144 valence electrons. The average molecular weight is 387 g/mol. The quantitative estimate of drug-likeness (QED) is 0.745. The van der Waals surface area contributed by atoms with Crippen LogP contribution in [0, 0.1) is 17.1 Å². The van der Waals surface area contributed by atoms with E-state index >= 15 is 0 Å². The number of pyridine rings is 1. The molecule has 0 spiro atoms.